The molecule has 0 fully saturated rings. The molecule has 48 heavy (non-hydrogen) atoms. The average molecular weight is 687 g/mol. The fourth-order valence-electron chi connectivity index (χ4n) is 4.89. The van der Waals surface area contributed by atoms with Gasteiger partial charge in [0.2, 0.25) is 0 Å². The van der Waals surface area contributed by atoms with Gasteiger partial charge in [0.25, 0.3) is 11.8 Å². The molecule has 0 spiro atoms. The van der Waals surface area contributed by atoms with Gasteiger partial charge in [-0.15, -0.1) is 0 Å². The predicted octanol–water partition coefficient (Wildman–Crippen LogP) is 7.98. The summed E-state index contributed by atoms with van der Waals surface area (Å²) in [6, 6.07) is 13.6. The highest BCUT2D eigenvalue weighted by molar-refractivity contribution is 5.96. The molecule has 1 unspecified atom stereocenters. The fourth-order valence-corrected chi connectivity index (χ4v) is 4.89. The van der Waals surface area contributed by atoms with Crippen molar-refractivity contribution in [3.05, 3.63) is 136 Å². The van der Waals surface area contributed by atoms with Crippen LogP contribution in [0.25, 0.3) is 0 Å². The smallest absolute Gasteiger partial charge is 0.428 e. The summed E-state index contributed by atoms with van der Waals surface area (Å²) in [6.07, 6.45) is -15.0. The van der Waals surface area contributed by atoms with Crippen LogP contribution in [0.5, 0.6) is 5.75 Å². The van der Waals surface area contributed by atoms with E-state index in [1.165, 1.54) is 26.2 Å². The minimum absolute atomic E-state index is 0.212. The Labute approximate surface area is 266 Å². The SMILES string of the molecule is CN(C)C(=O)c1cc(C(Cc2ccccc2)(NC(=O)c2ccc(F)c(C(F)(F)F)c2)c2ccc(OC(F)(F)C(F)F)cc2F)ccc1F. The maximum atomic E-state index is 16.1. The van der Waals surface area contributed by atoms with E-state index in [1.54, 1.807) is 18.2 Å². The first-order valence-electron chi connectivity index (χ1n) is 13.8. The molecule has 0 radical (unpaired) electrons. The van der Waals surface area contributed by atoms with Gasteiger partial charge in [0, 0.05) is 37.7 Å². The lowest BCUT2D eigenvalue weighted by molar-refractivity contribution is -0.253. The van der Waals surface area contributed by atoms with E-state index in [0.29, 0.717) is 23.8 Å². The number of ether oxygens (including phenoxy) is 1. The van der Waals surface area contributed by atoms with Crippen molar-refractivity contribution in [3.63, 3.8) is 0 Å². The first-order chi connectivity index (χ1) is 22.4. The number of hydrogen-bond acceptors (Lipinski definition) is 3. The van der Waals surface area contributed by atoms with Gasteiger partial charge in [-0.3, -0.25) is 9.59 Å². The Kier molecular flexibility index (Phi) is 10.1. The molecule has 0 saturated heterocycles. The Hall–Kier alpha value is -5.08. The molecule has 5 nitrogen and oxygen atoms in total. The summed E-state index contributed by atoms with van der Waals surface area (Å²) in [4.78, 5) is 27.6. The number of rotatable bonds is 10. The van der Waals surface area contributed by atoms with Crippen LogP contribution in [0.1, 0.15) is 43.0 Å². The summed E-state index contributed by atoms with van der Waals surface area (Å²) in [5.74, 6) is -7.43. The Bertz CT molecular complexity index is 1810. The Balaban J connectivity index is 2.01. The molecule has 0 aliphatic rings. The summed E-state index contributed by atoms with van der Waals surface area (Å²) < 4.78 is 143. The maximum Gasteiger partial charge on any atom is 0.461 e. The normalized spacial score (nSPS) is 13.2. The Morgan fingerprint density at radius 3 is 2.00 bits per heavy atom. The minimum atomic E-state index is -5.22. The Morgan fingerprint density at radius 2 is 1.42 bits per heavy atom. The summed E-state index contributed by atoms with van der Waals surface area (Å²) >= 11 is 0. The molecule has 4 rings (SSSR count). The summed E-state index contributed by atoms with van der Waals surface area (Å²) in [7, 11) is 2.60. The largest absolute Gasteiger partial charge is 0.461 e. The van der Waals surface area contributed by atoms with Gasteiger partial charge >= 0.3 is 18.7 Å². The van der Waals surface area contributed by atoms with Crippen molar-refractivity contribution < 1.29 is 58.2 Å². The molecule has 0 aliphatic carbocycles. The fraction of sp³-hybridized carbons (Fsp3) is 0.212. The number of amides is 2. The molecule has 4 aromatic carbocycles. The first-order valence-corrected chi connectivity index (χ1v) is 13.8. The van der Waals surface area contributed by atoms with Gasteiger partial charge in [0.15, 0.2) is 0 Å². The highest BCUT2D eigenvalue weighted by Gasteiger charge is 2.45. The van der Waals surface area contributed by atoms with E-state index in [0.717, 1.165) is 35.2 Å². The van der Waals surface area contributed by atoms with Crippen LogP contribution >= 0.6 is 0 Å². The standard InChI is InChI=1S/C33H24F10N2O3/c1-45(2)29(47)22-15-20(9-13-25(22)34)31(17-18-6-4-3-5-7-18,23-11-10-21(16-27(23)36)48-33(42,43)30(37)38)44-28(46)19-8-12-26(35)24(14-19)32(39,40)41/h3-16,30H,17H2,1-2H3,(H,44,46). The van der Waals surface area contributed by atoms with Crippen molar-refractivity contribution in [1.29, 1.82) is 0 Å². The lowest BCUT2D eigenvalue weighted by Gasteiger charge is -2.37. The molecule has 0 bridgehead atoms. The molecule has 1 atom stereocenters. The zero-order valence-corrected chi connectivity index (χ0v) is 24.8. The second-order valence-electron chi connectivity index (χ2n) is 10.7. The molecule has 2 amide bonds. The molecule has 0 aromatic heterocycles. The van der Waals surface area contributed by atoms with E-state index in [2.05, 4.69) is 10.1 Å². The van der Waals surface area contributed by atoms with Gasteiger partial charge in [-0.25, -0.2) is 13.2 Å². The second kappa shape index (κ2) is 13.6. The van der Waals surface area contributed by atoms with Gasteiger partial charge in [0.1, 0.15) is 23.2 Å². The number of hydrogen-bond donors (Lipinski definition) is 1. The third-order valence-corrected chi connectivity index (χ3v) is 7.18. The second-order valence-corrected chi connectivity index (χ2v) is 10.7. The van der Waals surface area contributed by atoms with Crippen molar-refractivity contribution in [2.45, 2.75) is 30.7 Å². The van der Waals surface area contributed by atoms with Gasteiger partial charge in [0.05, 0.1) is 16.7 Å². The van der Waals surface area contributed by atoms with E-state index in [1.807, 2.05) is 0 Å². The van der Waals surface area contributed by atoms with Gasteiger partial charge in [-0.05, 0) is 53.6 Å². The Morgan fingerprint density at radius 1 is 0.771 bits per heavy atom. The number of halogens is 10. The molecule has 254 valence electrons. The number of alkyl halides is 7. The molecular weight excluding hydrogens is 662 g/mol. The number of nitrogens with one attached hydrogen (secondary N) is 1. The molecule has 0 heterocycles. The highest BCUT2D eigenvalue weighted by Crippen LogP contribution is 2.39. The summed E-state index contributed by atoms with van der Waals surface area (Å²) in [5, 5.41) is 2.44. The third kappa shape index (κ3) is 7.55. The number of benzene rings is 4. The minimum Gasteiger partial charge on any atom is -0.428 e. The summed E-state index contributed by atoms with van der Waals surface area (Å²) in [5.41, 5.74) is -5.85. The first kappa shape index (κ1) is 35.8. The number of carbonyl (C=O) groups is 2. The lowest BCUT2D eigenvalue weighted by Crippen LogP contribution is -2.49. The van der Waals surface area contributed by atoms with Crippen LogP contribution < -0.4 is 10.1 Å². The average Bonchev–Trinajstić information content (AvgIpc) is 3.00. The van der Waals surface area contributed by atoms with Crippen LogP contribution in [0.15, 0.2) is 84.9 Å². The van der Waals surface area contributed by atoms with Gasteiger partial charge in [-0.1, -0.05) is 36.4 Å². The van der Waals surface area contributed by atoms with Crippen molar-refractivity contribution in [2.24, 2.45) is 0 Å². The van der Waals surface area contributed by atoms with Crippen molar-refractivity contribution in [2.75, 3.05) is 14.1 Å². The van der Waals surface area contributed by atoms with Crippen molar-refractivity contribution in [1.82, 2.24) is 10.2 Å². The van der Waals surface area contributed by atoms with Crippen LogP contribution in [0.3, 0.4) is 0 Å². The topological polar surface area (TPSA) is 58.6 Å². The van der Waals surface area contributed by atoms with Crippen LogP contribution in [0.2, 0.25) is 0 Å². The third-order valence-electron chi connectivity index (χ3n) is 7.18. The van der Waals surface area contributed by atoms with Crippen molar-refractivity contribution >= 4 is 11.8 Å². The molecule has 4 aromatic rings. The molecule has 0 aliphatic heterocycles. The van der Waals surface area contributed by atoms with Gasteiger partial charge < -0.3 is 15.0 Å². The predicted molar refractivity (Wildman–Crippen MR) is 152 cm³/mol. The van der Waals surface area contributed by atoms with Crippen molar-refractivity contribution in [3.8, 4) is 5.75 Å². The van der Waals surface area contributed by atoms with Crippen LogP contribution in [0.4, 0.5) is 43.9 Å². The van der Waals surface area contributed by atoms with Gasteiger partial charge in [-0.2, -0.15) is 30.7 Å². The number of nitrogens with zero attached hydrogens (tertiary/aromatic N) is 1. The zero-order chi connectivity index (χ0) is 35.6. The molecular formula is C33H24F10N2O3. The van der Waals surface area contributed by atoms with E-state index in [4.69, 9.17) is 0 Å². The van der Waals surface area contributed by atoms with Crippen LogP contribution in [0, 0.1) is 17.5 Å². The van der Waals surface area contributed by atoms with E-state index in [-0.39, 0.29) is 11.6 Å². The summed E-state index contributed by atoms with van der Waals surface area (Å²) in [6.45, 7) is 0. The molecule has 15 heteroatoms. The van der Waals surface area contributed by atoms with Crippen LogP contribution in [-0.4, -0.2) is 43.3 Å². The van der Waals surface area contributed by atoms with Crippen LogP contribution in [-0.2, 0) is 18.1 Å². The van der Waals surface area contributed by atoms with E-state index in [9.17, 15) is 49.1 Å². The zero-order valence-electron chi connectivity index (χ0n) is 24.8. The lowest BCUT2D eigenvalue weighted by atomic mass is 9.76. The molecule has 1 N–H and O–H groups in total. The highest BCUT2D eigenvalue weighted by atomic mass is 19.4. The quantitative estimate of drug-likeness (QED) is 0.172. The molecule has 0 saturated carbocycles. The maximum absolute atomic E-state index is 16.1. The van der Waals surface area contributed by atoms with E-state index >= 15 is 4.39 Å². The monoisotopic (exact) mass is 686 g/mol. The van der Waals surface area contributed by atoms with E-state index < -0.39 is 87.9 Å². The number of carbonyl (C=O) groups excluding carboxylic acids is 2.